The SMILES string of the molecule is NC(=O)c1ccc(Br)nc1Br. The molecule has 0 radical (unpaired) electrons. The van der Waals surface area contributed by atoms with Gasteiger partial charge in [0.2, 0.25) is 0 Å². The van der Waals surface area contributed by atoms with Crippen molar-refractivity contribution in [2.45, 2.75) is 0 Å². The maximum absolute atomic E-state index is 10.7. The number of amides is 1. The molecular formula is C6H4Br2N2O. The van der Waals surface area contributed by atoms with Crippen LogP contribution in [0.4, 0.5) is 0 Å². The number of nitrogens with zero attached hydrogens (tertiary/aromatic N) is 1. The van der Waals surface area contributed by atoms with Gasteiger partial charge in [0.1, 0.15) is 9.21 Å². The van der Waals surface area contributed by atoms with Gasteiger partial charge in [-0.05, 0) is 44.0 Å². The highest BCUT2D eigenvalue weighted by Gasteiger charge is 2.06. The maximum Gasteiger partial charge on any atom is 0.251 e. The Balaban J connectivity index is 3.20. The molecule has 5 heteroatoms. The zero-order valence-electron chi connectivity index (χ0n) is 5.34. The Bertz CT molecular complexity index is 301. The number of halogens is 2. The Labute approximate surface area is 80.3 Å². The summed E-state index contributed by atoms with van der Waals surface area (Å²) in [6.07, 6.45) is 0. The fourth-order valence-electron chi connectivity index (χ4n) is 0.596. The van der Waals surface area contributed by atoms with E-state index in [0.29, 0.717) is 14.8 Å². The molecule has 0 aliphatic heterocycles. The number of carbonyl (C=O) groups excluding carboxylic acids is 1. The Morgan fingerprint density at radius 3 is 2.55 bits per heavy atom. The van der Waals surface area contributed by atoms with Gasteiger partial charge in [-0.2, -0.15) is 0 Å². The van der Waals surface area contributed by atoms with Gasteiger partial charge in [0, 0.05) is 0 Å². The first kappa shape index (κ1) is 8.67. The number of primary amides is 1. The van der Waals surface area contributed by atoms with E-state index in [1.54, 1.807) is 12.1 Å². The molecule has 0 unspecified atom stereocenters. The summed E-state index contributed by atoms with van der Waals surface area (Å²) in [5.74, 6) is -0.489. The van der Waals surface area contributed by atoms with Crippen LogP contribution in [0.5, 0.6) is 0 Å². The lowest BCUT2D eigenvalue weighted by molar-refractivity contribution is 0.0999. The van der Waals surface area contributed by atoms with Crippen molar-refractivity contribution in [1.82, 2.24) is 4.98 Å². The quantitative estimate of drug-likeness (QED) is 0.796. The molecule has 11 heavy (non-hydrogen) atoms. The van der Waals surface area contributed by atoms with Crippen molar-refractivity contribution in [3.05, 3.63) is 26.9 Å². The lowest BCUT2D eigenvalue weighted by atomic mass is 10.3. The predicted octanol–water partition coefficient (Wildman–Crippen LogP) is 1.71. The molecular weight excluding hydrogens is 276 g/mol. The van der Waals surface area contributed by atoms with E-state index < -0.39 is 5.91 Å². The normalized spacial score (nSPS) is 9.64. The summed E-state index contributed by atoms with van der Waals surface area (Å²) in [7, 11) is 0. The van der Waals surface area contributed by atoms with Gasteiger partial charge in [-0.25, -0.2) is 4.98 Å². The number of hydrogen-bond donors (Lipinski definition) is 1. The minimum Gasteiger partial charge on any atom is -0.366 e. The average molecular weight is 280 g/mol. The largest absolute Gasteiger partial charge is 0.366 e. The smallest absolute Gasteiger partial charge is 0.251 e. The van der Waals surface area contributed by atoms with Crippen LogP contribution in [0.3, 0.4) is 0 Å². The van der Waals surface area contributed by atoms with Crippen molar-refractivity contribution in [1.29, 1.82) is 0 Å². The van der Waals surface area contributed by atoms with Crippen molar-refractivity contribution < 1.29 is 4.79 Å². The molecule has 0 aliphatic rings. The van der Waals surface area contributed by atoms with Gasteiger partial charge in [0.15, 0.2) is 0 Å². The summed E-state index contributed by atoms with van der Waals surface area (Å²) in [4.78, 5) is 14.6. The summed E-state index contributed by atoms with van der Waals surface area (Å²) in [6.45, 7) is 0. The first-order valence-electron chi connectivity index (χ1n) is 2.73. The average Bonchev–Trinajstić information content (AvgIpc) is 1.85. The molecule has 0 aliphatic carbocycles. The first-order valence-corrected chi connectivity index (χ1v) is 4.31. The molecule has 1 rings (SSSR count). The number of carbonyl (C=O) groups is 1. The third-order valence-electron chi connectivity index (χ3n) is 1.08. The zero-order chi connectivity index (χ0) is 8.43. The number of nitrogens with two attached hydrogens (primary N) is 1. The van der Waals surface area contributed by atoms with E-state index in [1.165, 1.54) is 0 Å². The molecule has 0 atom stereocenters. The highest BCUT2D eigenvalue weighted by Crippen LogP contribution is 2.16. The molecule has 0 fully saturated rings. The summed E-state index contributed by atoms with van der Waals surface area (Å²) < 4.78 is 1.12. The van der Waals surface area contributed by atoms with Crippen molar-refractivity contribution in [2.24, 2.45) is 5.73 Å². The molecule has 58 valence electrons. The van der Waals surface area contributed by atoms with Crippen LogP contribution in [-0.4, -0.2) is 10.9 Å². The fourth-order valence-corrected chi connectivity index (χ4v) is 1.66. The van der Waals surface area contributed by atoms with Crippen LogP contribution in [0.1, 0.15) is 10.4 Å². The fraction of sp³-hybridized carbons (Fsp3) is 0. The Morgan fingerprint density at radius 2 is 2.09 bits per heavy atom. The summed E-state index contributed by atoms with van der Waals surface area (Å²) in [5.41, 5.74) is 5.42. The van der Waals surface area contributed by atoms with E-state index >= 15 is 0 Å². The van der Waals surface area contributed by atoms with Gasteiger partial charge in [-0.15, -0.1) is 0 Å². The molecule has 2 N–H and O–H groups in total. The van der Waals surface area contributed by atoms with E-state index in [4.69, 9.17) is 5.73 Å². The highest BCUT2D eigenvalue weighted by atomic mass is 79.9. The van der Waals surface area contributed by atoms with Crippen LogP contribution in [-0.2, 0) is 0 Å². The topological polar surface area (TPSA) is 56.0 Å². The minimum absolute atomic E-state index is 0.383. The van der Waals surface area contributed by atoms with E-state index in [1.807, 2.05) is 0 Å². The highest BCUT2D eigenvalue weighted by molar-refractivity contribution is 9.11. The summed E-state index contributed by atoms with van der Waals surface area (Å²) >= 11 is 6.26. The Kier molecular flexibility index (Phi) is 2.62. The van der Waals surface area contributed by atoms with E-state index in [0.717, 1.165) is 0 Å². The molecule has 1 aromatic rings. The van der Waals surface area contributed by atoms with E-state index in [2.05, 4.69) is 36.8 Å². The monoisotopic (exact) mass is 278 g/mol. The summed E-state index contributed by atoms with van der Waals surface area (Å²) in [6, 6.07) is 3.26. The van der Waals surface area contributed by atoms with Crippen molar-refractivity contribution in [3.8, 4) is 0 Å². The number of rotatable bonds is 1. The standard InChI is InChI=1S/C6H4Br2N2O/c7-4-2-1-3(6(9)11)5(8)10-4/h1-2H,(H2,9,11). The number of aromatic nitrogens is 1. The predicted molar refractivity (Wildman–Crippen MR) is 48.2 cm³/mol. The molecule has 3 nitrogen and oxygen atoms in total. The maximum atomic E-state index is 10.7. The Hall–Kier alpha value is -0.420. The van der Waals surface area contributed by atoms with Crippen molar-refractivity contribution in [2.75, 3.05) is 0 Å². The molecule has 0 spiro atoms. The van der Waals surface area contributed by atoms with Gasteiger partial charge in [-0.3, -0.25) is 4.79 Å². The van der Waals surface area contributed by atoms with E-state index in [9.17, 15) is 4.79 Å². The van der Waals surface area contributed by atoms with Gasteiger partial charge >= 0.3 is 0 Å². The zero-order valence-corrected chi connectivity index (χ0v) is 8.52. The lowest BCUT2D eigenvalue weighted by Gasteiger charge is -1.97. The molecule has 1 aromatic heterocycles. The second-order valence-corrected chi connectivity index (χ2v) is 3.40. The summed E-state index contributed by atoms with van der Waals surface area (Å²) in [5, 5.41) is 0. The Morgan fingerprint density at radius 1 is 1.45 bits per heavy atom. The van der Waals surface area contributed by atoms with Gasteiger partial charge < -0.3 is 5.73 Å². The van der Waals surface area contributed by atoms with Crippen LogP contribution in [0.25, 0.3) is 0 Å². The van der Waals surface area contributed by atoms with Crippen molar-refractivity contribution >= 4 is 37.8 Å². The van der Waals surface area contributed by atoms with Crippen LogP contribution < -0.4 is 5.73 Å². The molecule has 1 heterocycles. The second-order valence-electron chi connectivity index (χ2n) is 1.84. The van der Waals surface area contributed by atoms with Crippen LogP contribution >= 0.6 is 31.9 Å². The molecule has 0 saturated carbocycles. The van der Waals surface area contributed by atoms with Gasteiger partial charge in [0.05, 0.1) is 5.56 Å². The molecule has 0 bridgehead atoms. The molecule has 0 aromatic carbocycles. The van der Waals surface area contributed by atoms with Gasteiger partial charge in [0.25, 0.3) is 5.91 Å². The van der Waals surface area contributed by atoms with Crippen LogP contribution in [0, 0.1) is 0 Å². The first-order chi connectivity index (χ1) is 5.11. The van der Waals surface area contributed by atoms with E-state index in [-0.39, 0.29) is 0 Å². The van der Waals surface area contributed by atoms with Crippen LogP contribution in [0.15, 0.2) is 21.3 Å². The number of pyridine rings is 1. The third-order valence-corrected chi connectivity index (χ3v) is 2.13. The number of hydrogen-bond acceptors (Lipinski definition) is 2. The van der Waals surface area contributed by atoms with Crippen molar-refractivity contribution in [3.63, 3.8) is 0 Å². The van der Waals surface area contributed by atoms with Gasteiger partial charge in [-0.1, -0.05) is 0 Å². The second kappa shape index (κ2) is 3.32. The third kappa shape index (κ3) is 2.00. The minimum atomic E-state index is -0.489. The molecule has 0 saturated heterocycles. The molecule has 1 amide bonds. The lowest BCUT2D eigenvalue weighted by Crippen LogP contribution is -2.12. The van der Waals surface area contributed by atoms with Crippen LogP contribution in [0.2, 0.25) is 0 Å².